The Bertz CT molecular complexity index is 188. The zero-order chi connectivity index (χ0) is 9.03. The Labute approximate surface area is 73.6 Å². The first-order valence-corrected chi connectivity index (χ1v) is 4.43. The number of ketones is 1. The molecular formula is C10H16O2. The zero-order valence-corrected chi connectivity index (χ0v) is 7.80. The molecule has 0 saturated heterocycles. The number of rotatable bonds is 3. The van der Waals surface area contributed by atoms with Gasteiger partial charge in [-0.2, -0.15) is 0 Å². The maximum absolute atomic E-state index is 10.7. The molecule has 0 unspecified atom stereocenters. The van der Waals surface area contributed by atoms with Gasteiger partial charge in [-0.05, 0) is 31.9 Å². The van der Waals surface area contributed by atoms with Crippen LogP contribution in [-0.2, 0) is 9.53 Å². The molecule has 0 atom stereocenters. The third kappa shape index (κ3) is 2.18. The van der Waals surface area contributed by atoms with E-state index in [1.54, 1.807) is 20.1 Å². The summed E-state index contributed by atoms with van der Waals surface area (Å²) in [6.07, 6.45) is 8.05. The largest absolute Gasteiger partial charge is 0.374 e. The van der Waals surface area contributed by atoms with Crippen molar-refractivity contribution >= 4 is 5.78 Å². The monoisotopic (exact) mass is 168 g/mol. The summed E-state index contributed by atoms with van der Waals surface area (Å²) in [4.78, 5) is 10.7. The van der Waals surface area contributed by atoms with E-state index in [9.17, 15) is 4.79 Å². The van der Waals surface area contributed by atoms with Crippen molar-refractivity contribution in [3.05, 3.63) is 12.2 Å². The molecule has 1 rings (SSSR count). The summed E-state index contributed by atoms with van der Waals surface area (Å²) in [5.74, 6) is 0.0957. The van der Waals surface area contributed by atoms with Crippen LogP contribution in [0, 0.1) is 0 Å². The third-order valence-electron chi connectivity index (χ3n) is 2.48. The Morgan fingerprint density at radius 2 is 2.00 bits per heavy atom. The fraction of sp³-hybridized carbons (Fsp3) is 0.700. The van der Waals surface area contributed by atoms with Gasteiger partial charge in [-0.25, -0.2) is 0 Å². The minimum Gasteiger partial charge on any atom is -0.374 e. The van der Waals surface area contributed by atoms with Gasteiger partial charge < -0.3 is 4.74 Å². The van der Waals surface area contributed by atoms with E-state index in [0.29, 0.717) is 0 Å². The van der Waals surface area contributed by atoms with Crippen LogP contribution in [0.15, 0.2) is 12.2 Å². The van der Waals surface area contributed by atoms with Crippen LogP contribution >= 0.6 is 0 Å². The van der Waals surface area contributed by atoms with E-state index < -0.39 is 0 Å². The van der Waals surface area contributed by atoms with Gasteiger partial charge in [-0.15, -0.1) is 0 Å². The minimum atomic E-state index is -0.133. The van der Waals surface area contributed by atoms with Crippen molar-refractivity contribution in [1.29, 1.82) is 0 Å². The van der Waals surface area contributed by atoms with Gasteiger partial charge in [0.15, 0.2) is 5.78 Å². The smallest absolute Gasteiger partial charge is 0.152 e. The number of methoxy groups -OCH3 is 1. The van der Waals surface area contributed by atoms with E-state index in [1.807, 2.05) is 6.08 Å². The molecule has 0 amide bonds. The van der Waals surface area contributed by atoms with Gasteiger partial charge in [0.1, 0.15) is 0 Å². The van der Waals surface area contributed by atoms with Crippen LogP contribution in [0.3, 0.4) is 0 Å². The molecule has 1 aliphatic rings. The van der Waals surface area contributed by atoms with E-state index >= 15 is 0 Å². The number of hydrogen-bond acceptors (Lipinski definition) is 2. The Balaban J connectivity index is 2.61. The summed E-state index contributed by atoms with van der Waals surface area (Å²) in [6, 6.07) is 0. The number of allylic oxidation sites excluding steroid dienone is 1. The fourth-order valence-corrected chi connectivity index (χ4v) is 1.68. The first-order valence-electron chi connectivity index (χ1n) is 4.43. The van der Waals surface area contributed by atoms with E-state index in [2.05, 4.69) is 0 Å². The molecule has 12 heavy (non-hydrogen) atoms. The quantitative estimate of drug-likeness (QED) is 0.603. The molecule has 0 aromatic heterocycles. The Morgan fingerprint density at radius 1 is 1.42 bits per heavy atom. The highest BCUT2D eigenvalue weighted by Gasteiger charge is 2.30. The van der Waals surface area contributed by atoms with Crippen molar-refractivity contribution in [2.75, 3.05) is 7.11 Å². The van der Waals surface area contributed by atoms with Crippen molar-refractivity contribution < 1.29 is 9.53 Å². The molecule has 1 fully saturated rings. The fourth-order valence-electron chi connectivity index (χ4n) is 1.68. The second kappa shape index (κ2) is 3.85. The molecule has 0 aliphatic heterocycles. The third-order valence-corrected chi connectivity index (χ3v) is 2.48. The molecule has 0 N–H and O–H groups in total. The van der Waals surface area contributed by atoms with Gasteiger partial charge in [0, 0.05) is 7.11 Å². The van der Waals surface area contributed by atoms with Crippen molar-refractivity contribution in [1.82, 2.24) is 0 Å². The lowest BCUT2D eigenvalue weighted by atomic mass is 10.0. The maximum atomic E-state index is 10.7. The van der Waals surface area contributed by atoms with Gasteiger partial charge >= 0.3 is 0 Å². The van der Waals surface area contributed by atoms with Crippen LogP contribution in [-0.4, -0.2) is 18.5 Å². The van der Waals surface area contributed by atoms with E-state index in [0.717, 1.165) is 12.8 Å². The highest BCUT2D eigenvalue weighted by molar-refractivity contribution is 5.87. The molecule has 0 bridgehead atoms. The van der Waals surface area contributed by atoms with Gasteiger partial charge in [0.2, 0.25) is 0 Å². The molecule has 68 valence electrons. The maximum Gasteiger partial charge on any atom is 0.152 e. The first kappa shape index (κ1) is 9.46. The van der Waals surface area contributed by atoms with Crippen molar-refractivity contribution in [2.24, 2.45) is 0 Å². The van der Waals surface area contributed by atoms with E-state index in [-0.39, 0.29) is 11.4 Å². The van der Waals surface area contributed by atoms with Gasteiger partial charge in [0.05, 0.1) is 5.60 Å². The summed E-state index contributed by atoms with van der Waals surface area (Å²) in [7, 11) is 1.72. The molecule has 0 radical (unpaired) electrons. The highest BCUT2D eigenvalue weighted by atomic mass is 16.5. The van der Waals surface area contributed by atoms with Crippen LogP contribution in [0.4, 0.5) is 0 Å². The highest BCUT2D eigenvalue weighted by Crippen LogP contribution is 2.33. The van der Waals surface area contributed by atoms with Crippen molar-refractivity contribution in [3.8, 4) is 0 Å². The lowest BCUT2D eigenvalue weighted by molar-refractivity contribution is -0.112. The van der Waals surface area contributed by atoms with Gasteiger partial charge in [0.25, 0.3) is 0 Å². The summed E-state index contributed by atoms with van der Waals surface area (Å²) in [5.41, 5.74) is -0.133. The molecule has 2 nitrogen and oxygen atoms in total. The second-order valence-corrected chi connectivity index (χ2v) is 3.42. The standard InChI is InChI=1S/C10H16O2/c1-9(11)5-8-10(12-2)6-3-4-7-10/h5,8H,3-4,6-7H2,1-2H3/b8-5+. The Kier molecular flexibility index (Phi) is 3.04. The molecule has 0 aromatic rings. The molecule has 0 aromatic carbocycles. The molecule has 0 spiro atoms. The topological polar surface area (TPSA) is 26.3 Å². The van der Waals surface area contributed by atoms with Crippen LogP contribution in [0.25, 0.3) is 0 Å². The molecule has 1 saturated carbocycles. The average Bonchev–Trinajstić information content (AvgIpc) is 2.50. The molecule has 1 aliphatic carbocycles. The van der Waals surface area contributed by atoms with Crippen molar-refractivity contribution in [2.45, 2.75) is 38.2 Å². The zero-order valence-electron chi connectivity index (χ0n) is 7.80. The van der Waals surface area contributed by atoms with Gasteiger partial charge in [-0.1, -0.05) is 12.8 Å². The molecule has 0 heterocycles. The molecular weight excluding hydrogens is 152 g/mol. The normalized spacial score (nSPS) is 21.8. The van der Waals surface area contributed by atoms with Crippen molar-refractivity contribution in [3.63, 3.8) is 0 Å². The summed E-state index contributed by atoms with van der Waals surface area (Å²) in [5, 5.41) is 0. The van der Waals surface area contributed by atoms with Crippen LogP contribution in [0.1, 0.15) is 32.6 Å². The first-order chi connectivity index (χ1) is 5.68. The predicted molar refractivity (Wildman–Crippen MR) is 48.0 cm³/mol. The second-order valence-electron chi connectivity index (χ2n) is 3.42. The molecule has 2 heteroatoms. The number of hydrogen-bond donors (Lipinski definition) is 0. The van der Waals surface area contributed by atoms with E-state index in [1.165, 1.54) is 12.8 Å². The lowest BCUT2D eigenvalue weighted by Gasteiger charge is -2.22. The number of carbonyl (C=O) groups excluding carboxylic acids is 1. The Hall–Kier alpha value is -0.630. The lowest BCUT2D eigenvalue weighted by Crippen LogP contribution is -2.24. The summed E-state index contributed by atoms with van der Waals surface area (Å²) in [6.45, 7) is 1.56. The van der Waals surface area contributed by atoms with Gasteiger partial charge in [-0.3, -0.25) is 4.79 Å². The SMILES string of the molecule is COC1(/C=C/C(C)=O)CCCC1. The summed E-state index contributed by atoms with van der Waals surface area (Å²) < 4.78 is 5.41. The Morgan fingerprint density at radius 3 is 2.42 bits per heavy atom. The van der Waals surface area contributed by atoms with Crippen LogP contribution in [0.2, 0.25) is 0 Å². The number of ether oxygens (including phenoxy) is 1. The van der Waals surface area contributed by atoms with Crippen LogP contribution in [0.5, 0.6) is 0 Å². The van der Waals surface area contributed by atoms with Crippen LogP contribution < -0.4 is 0 Å². The summed E-state index contributed by atoms with van der Waals surface area (Å²) >= 11 is 0. The minimum absolute atomic E-state index is 0.0957. The predicted octanol–water partition coefficient (Wildman–Crippen LogP) is 2.09. The van der Waals surface area contributed by atoms with E-state index in [4.69, 9.17) is 4.74 Å². The number of carbonyl (C=O) groups is 1. The average molecular weight is 168 g/mol.